The van der Waals surface area contributed by atoms with Crippen molar-refractivity contribution in [3.8, 4) is 11.3 Å². The Bertz CT molecular complexity index is 869. The van der Waals surface area contributed by atoms with Gasteiger partial charge < -0.3 is 11.5 Å². The second-order valence-corrected chi connectivity index (χ2v) is 7.22. The fourth-order valence-corrected chi connectivity index (χ4v) is 3.14. The summed E-state index contributed by atoms with van der Waals surface area (Å²) in [6.45, 7) is 5.00. The average molecular weight is 359 g/mol. The highest BCUT2D eigenvalue weighted by Crippen LogP contribution is 2.34. The lowest BCUT2D eigenvalue weighted by molar-refractivity contribution is 0.295. The molecule has 0 aliphatic heterocycles. The molecule has 0 amide bonds. The molecular weight excluding hydrogens is 336 g/mol. The lowest BCUT2D eigenvalue weighted by Crippen LogP contribution is -2.28. The van der Waals surface area contributed by atoms with Crippen molar-refractivity contribution >= 4 is 28.5 Å². The molecule has 0 bridgehead atoms. The molecule has 0 aliphatic rings. The van der Waals surface area contributed by atoms with E-state index >= 15 is 0 Å². The first-order valence-electron chi connectivity index (χ1n) is 8.40. The molecule has 132 valence electrons. The number of halogens is 1. The van der Waals surface area contributed by atoms with Crippen molar-refractivity contribution in [2.75, 3.05) is 12.3 Å². The number of nitrogen functional groups attached to an aromatic ring is 1. The third kappa shape index (κ3) is 3.45. The van der Waals surface area contributed by atoms with Crippen LogP contribution >= 0.6 is 11.6 Å². The van der Waals surface area contributed by atoms with Crippen LogP contribution in [-0.4, -0.2) is 26.3 Å². The maximum atomic E-state index is 6.16. The van der Waals surface area contributed by atoms with Crippen LogP contribution in [0.1, 0.15) is 33.1 Å². The van der Waals surface area contributed by atoms with Gasteiger partial charge in [-0.05, 0) is 51.8 Å². The monoisotopic (exact) mass is 358 g/mol. The summed E-state index contributed by atoms with van der Waals surface area (Å²) in [6.07, 6.45) is 4.45. The molecule has 0 saturated heterocycles. The van der Waals surface area contributed by atoms with Gasteiger partial charge in [-0.1, -0.05) is 23.7 Å². The van der Waals surface area contributed by atoms with Crippen molar-refractivity contribution in [1.29, 1.82) is 0 Å². The minimum absolute atomic E-state index is 0.209. The van der Waals surface area contributed by atoms with E-state index in [9.17, 15) is 0 Å². The molecule has 0 fully saturated rings. The molecule has 3 rings (SSSR count). The fourth-order valence-electron chi connectivity index (χ4n) is 3.01. The Balaban J connectivity index is 2.14. The van der Waals surface area contributed by atoms with E-state index in [-0.39, 0.29) is 5.54 Å². The van der Waals surface area contributed by atoms with Crippen LogP contribution in [-0.2, 0) is 5.54 Å². The number of nitrogens with zero attached hydrogens (tertiary/aromatic N) is 4. The standard InChI is InChI=1S/C18H23ClN6/c1-18(2,9-3-4-10-20)25-17-14(16(21)22-11-23-17)15(24-25)12-5-7-13(19)8-6-12/h5-8,11H,3-4,9-10,20H2,1-2H3,(H2,21,22,23). The van der Waals surface area contributed by atoms with E-state index in [4.69, 9.17) is 28.2 Å². The summed E-state index contributed by atoms with van der Waals surface area (Å²) in [5.74, 6) is 0.430. The normalized spacial score (nSPS) is 12.0. The highest BCUT2D eigenvalue weighted by Gasteiger charge is 2.27. The third-order valence-electron chi connectivity index (χ3n) is 4.43. The molecule has 0 unspecified atom stereocenters. The second-order valence-electron chi connectivity index (χ2n) is 6.78. The first kappa shape index (κ1) is 17.6. The number of anilines is 1. The van der Waals surface area contributed by atoms with E-state index in [2.05, 4.69) is 23.8 Å². The number of fused-ring (bicyclic) bond motifs is 1. The van der Waals surface area contributed by atoms with Crippen LogP contribution in [0, 0.1) is 0 Å². The minimum atomic E-state index is -0.209. The Morgan fingerprint density at radius 3 is 2.52 bits per heavy atom. The van der Waals surface area contributed by atoms with Gasteiger partial charge in [-0.15, -0.1) is 0 Å². The van der Waals surface area contributed by atoms with Gasteiger partial charge in [0.05, 0.1) is 10.9 Å². The number of hydrogen-bond donors (Lipinski definition) is 2. The van der Waals surface area contributed by atoms with Gasteiger partial charge in [0.2, 0.25) is 0 Å². The van der Waals surface area contributed by atoms with Gasteiger partial charge in [0.1, 0.15) is 17.8 Å². The van der Waals surface area contributed by atoms with Crippen LogP contribution in [0.25, 0.3) is 22.3 Å². The Hall–Kier alpha value is -2.18. The minimum Gasteiger partial charge on any atom is -0.383 e. The van der Waals surface area contributed by atoms with E-state index in [1.54, 1.807) is 0 Å². The van der Waals surface area contributed by atoms with Gasteiger partial charge in [0.15, 0.2) is 5.65 Å². The summed E-state index contributed by atoms with van der Waals surface area (Å²) < 4.78 is 1.96. The molecule has 0 radical (unpaired) electrons. The Morgan fingerprint density at radius 1 is 1.12 bits per heavy atom. The predicted molar refractivity (Wildman–Crippen MR) is 102 cm³/mol. The van der Waals surface area contributed by atoms with Gasteiger partial charge in [0.25, 0.3) is 0 Å². The van der Waals surface area contributed by atoms with E-state index < -0.39 is 0 Å². The van der Waals surface area contributed by atoms with Crippen molar-refractivity contribution in [2.24, 2.45) is 5.73 Å². The maximum absolute atomic E-state index is 6.16. The summed E-state index contributed by atoms with van der Waals surface area (Å²) in [7, 11) is 0. The first-order valence-corrected chi connectivity index (χ1v) is 8.77. The number of rotatable bonds is 6. The summed E-state index contributed by atoms with van der Waals surface area (Å²) in [5, 5.41) is 6.31. The zero-order valence-electron chi connectivity index (χ0n) is 14.5. The molecule has 4 N–H and O–H groups in total. The van der Waals surface area contributed by atoms with E-state index in [0.717, 1.165) is 41.6 Å². The maximum Gasteiger partial charge on any atom is 0.164 e. The molecule has 0 spiro atoms. The number of benzene rings is 1. The fraction of sp³-hybridized carbons (Fsp3) is 0.389. The molecule has 6 nitrogen and oxygen atoms in total. The molecule has 3 aromatic rings. The summed E-state index contributed by atoms with van der Waals surface area (Å²) in [4.78, 5) is 8.61. The van der Waals surface area contributed by atoms with Gasteiger partial charge >= 0.3 is 0 Å². The third-order valence-corrected chi connectivity index (χ3v) is 4.68. The molecule has 0 aliphatic carbocycles. The summed E-state index contributed by atoms with van der Waals surface area (Å²) >= 11 is 6.01. The molecule has 25 heavy (non-hydrogen) atoms. The van der Waals surface area contributed by atoms with Crippen molar-refractivity contribution < 1.29 is 0 Å². The number of aromatic nitrogens is 4. The van der Waals surface area contributed by atoms with Gasteiger partial charge in [-0.2, -0.15) is 5.10 Å². The van der Waals surface area contributed by atoms with Crippen LogP contribution < -0.4 is 11.5 Å². The van der Waals surface area contributed by atoms with Crippen LogP contribution in [0.3, 0.4) is 0 Å². The first-order chi connectivity index (χ1) is 11.9. The van der Waals surface area contributed by atoms with E-state index in [1.807, 2.05) is 28.9 Å². The molecular formula is C18H23ClN6. The number of unbranched alkanes of at least 4 members (excludes halogenated alkanes) is 1. The zero-order chi connectivity index (χ0) is 18.0. The van der Waals surface area contributed by atoms with Crippen molar-refractivity contribution in [1.82, 2.24) is 19.7 Å². The van der Waals surface area contributed by atoms with Gasteiger partial charge in [0, 0.05) is 10.6 Å². The highest BCUT2D eigenvalue weighted by atomic mass is 35.5. The van der Waals surface area contributed by atoms with Crippen molar-refractivity contribution in [2.45, 2.75) is 38.6 Å². The molecule has 2 heterocycles. The largest absolute Gasteiger partial charge is 0.383 e. The Labute approximate surface area is 152 Å². The van der Waals surface area contributed by atoms with E-state index in [1.165, 1.54) is 6.33 Å². The predicted octanol–water partition coefficient (Wildman–Crippen LogP) is 3.59. The highest BCUT2D eigenvalue weighted by molar-refractivity contribution is 6.30. The topological polar surface area (TPSA) is 95.6 Å². The lowest BCUT2D eigenvalue weighted by Gasteiger charge is -2.25. The van der Waals surface area contributed by atoms with Crippen LogP contribution in [0.2, 0.25) is 5.02 Å². The molecule has 0 saturated carbocycles. The molecule has 2 aromatic heterocycles. The Morgan fingerprint density at radius 2 is 1.84 bits per heavy atom. The summed E-state index contributed by atoms with van der Waals surface area (Å²) in [6, 6.07) is 7.55. The second kappa shape index (κ2) is 6.98. The van der Waals surface area contributed by atoms with Gasteiger partial charge in [-0.25, -0.2) is 14.6 Å². The SMILES string of the molecule is CC(C)(CCCCN)n1nc(-c2ccc(Cl)cc2)c2c(N)ncnc21. The smallest absolute Gasteiger partial charge is 0.164 e. The summed E-state index contributed by atoms with van der Waals surface area (Å²) in [5.41, 5.74) is 14.0. The van der Waals surface area contributed by atoms with Crippen molar-refractivity contribution in [3.05, 3.63) is 35.6 Å². The van der Waals surface area contributed by atoms with Gasteiger partial charge in [-0.3, -0.25) is 0 Å². The quantitative estimate of drug-likeness (QED) is 0.656. The van der Waals surface area contributed by atoms with Crippen molar-refractivity contribution in [3.63, 3.8) is 0 Å². The molecule has 1 aromatic carbocycles. The zero-order valence-corrected chi connectivity index (χ0v) is 15.3. The number of hydrogen-bond acceptors (Lipinski definition) is 5. The average Bonchev–Trinajstić information content (AvgIpc) is 2.98. The molecule has 7 heteroatoms. The Kier molecular flexibility index (Phi) is 4.92. The van der Waals surface area contributed by atoms with Crippen LogP contribution in [0.4, 0.5) is 5.82 Å². The lowest BCUT2D eigenvalue weighted by atomic mass is 9.97. The van der Waals surface area contributed by atoms with Crippen LogP contribution in [0.5, 0.6) is 0 Å². The van der Waals surface area contributed by atoms with E-state index in [0.29, 0.717) is 17.4 Å². The number of nitrogens with two attached hydrogens (primary N) is 2. The van der Waals surface area contributed by atoms with Crippen LogP contribution in [0.15, 0.2) is 30.6 Å². The molecule has 0 atom stereocenters.